The number of aromatic nitrogens is 2. The van der Waals surface area contributed by atoms with Crippen LogP contribution in [0.3, 0.4) is 0 Å². The van der Waals surface area contributed by atoms with Crippen molar-refractivity contribution in [2.24, 2.45) is 0 Å². The van der Waals surface area contributed by atoms with Gasteiger partial charge in [-0.15, -0.1) is 11.3 Å². The zero-order chi connectivity index (χ0) is 17.1. The Morgan fingerprint density at radius 1 is 1.33 bits per heavy atom. The molecule has 0 radical (unpaired) electrons. The molecule has 3 heterocycles. The van der Waals surface area contributed by atoms with Gasteiger partial charge in [-0.1, -0.05) is 19.2 Å². The lowest BCUT2D eigenvalue weighted by Crippen LogP contribution is -2.45. The molecule has 0 aliphatic carbocycles. The highest BCUT2D eigenvalue weighted by Crippen LogP contribution is 2.14. The van der Waals surface area contributed by atoms with E-state index < -0.39 is 0 Å². The minimum absolute atomic E-state index is 0.0551. The van der Waals surface area contributed by atoms with Crippen LogP contribution in [0.5, 0.6) is 0 Å². The number of rotatable bonds is 5. The SMILES string of the molecule is C=C/C=C(\C=C)N1CCN(Cc2cnc3scc(C)n3c2=O)CC1. The fraction of sp³-hybridized carbons (Fsp3) is 0.333. The molecule has 0 bridgehead atoms. The zero-order valence-corrected chi connectivity index (χ0v) is 14.8. The maximum Gasteiger partial charge on any atom is 0.263 e. The van der Waals surface area contributed by atoms with E-state index in [2.05, 4.69) is 27.9 Å². The summed E-state index contributed by atoms with van der Waals surface area (Å²) in [6.45, 7) is 13.9. The van der Waals surface area contributed by atoms with Crippen molar-refractivity contribution in [2.45, 2.75) is 13.5 Å². The Labute approximate surface area is 145 Å². The van der Waals surface area contributed by atoms with E-state index in [9.17, 15) is 4.79 Å². The largest absolute Gasteiger partial charge is 0.369 e. The van der Waals surface area contributed by atoms with E-state index in [0.717, 1.165) is 48.1 Å². The summed E-state index contributed by atoms with van der Waals surface area (Å²) in [6.07, 6.45) is 7.36. The average Bonchev–Trinajstić information content (AvgIpc) is 2.98. The van der Waals surface area contributed by atoms with Crippen LogP contribution in [0.1, 0.15) is 11.3 Å². The number of fused-ring (bicyclic) bond motifs is 1. The smallest absolute Gasteiger partial charge is 0.263 e. The van der Waals surface area contributed by atoms with Crippen molar-refractivity contribution >= 4 is 16.3 Å². The van der Waals surface area contributed by atoms with Gasteiger partial charge in [0.2, 0.25) is 0 Å². The lowest BCUT2D eigenvalue weighted by Gasteiger charge is -2.36. The third-order valence-corrected chi connectivity index (χ3v) is 5.27. The molecule has 24 heavy (non-hydrogen) atoms. The molecule has 6 heteroatoms. The van der Waals surface area contributed by atoms with Crippen molar-refractivity contribution in [2.75, 3.05) is 26.2 Å². The standard InChI is InChI=1S/C18H22N4OS/c1-4-6-16(5-2)21-9-7-20(8-10-21)12-15-11-19-18-22(17(15)23)14(3)13-24-18/h4-6,11,13H,1-2,7-10,12H2,3H3/b16-6+. The van der Waals surface area contributed by atoms with Gasteiger partial charge in [0.25, 0.3) is 5.56 Å². The Kier molecular flexibility index (Phi) is 4.97. The quantitative estimate of drug-likeness (QED) is 0.783. The van der Waals surface area contributed by atoms with Crippen LogP contribution in [0, 0.1) is 6.92 Å². The highest BCUT2D eigenvalue weighted by atomic mass is 32.1. The number of thiazole rings is 1. The van der Waals surface area contributed by atoms with E-state index in [1.807, 2.05) is 24.5 Å². The molecule has 1 fully saturated rings. The molecule has 126 valence electrons. The van der Waals surface area contributed by atoms with Gasteiger partial charge in [-0.05, 0) is 19.1 Å². The minimum Gasteiger partial charge on any atom is -0.369 e. The van der Waals surface area contributed by atoms with Crippen LogP contribution in [0.2, 0.25) is 0 Å². The van der Waals surface area contributed by atoms with Crippen LogP contribution in [-0.2, 0) is 6.54 Å². The van der Waals surface area contributed by atoms with Gasteiger partial charge >= 0.3 is 0 Å². The fourth-order valence-electron chi connectivity index (χ4n) is 3.00. The maximum absolute atomic E-state index is 12.6. The molecule has 0 N–H and O–H groups in total. The summed E-state index contributed by atoms with van der Waals surface area (Å²) in [6, 6.07) is 0. The Hall–Kier alpha value is -2.18. The predicted octanol–water partition coefficient (Wildman–Crippen LogP) is 2.44. The van der Waals surface area contributed by atoms with E-state index in [-0.39, 0.29) is 5.56 Å². The number of hydrogen-bond donors (Lipinski definition) is 0. The van der Waals surface area contributed by atoms with Gasteiger partial charge in [-0.2, -0.15) is 0 Å². The Morgan fingerprint density at radius 2 is 2.08 bits per heavy atom. The first-order valence-electron chi connectivity index (χ1n) is 8.01. The number of nitrogens with zero attached hydrogens (tertiary/aromatic N) is 4. The van der Waals surface area contributed by atoms with Crippen LogP contribution in [0.15, 0.2) is 53.5 Å². The minimum atomic E-state index is 0.0551. The third-order valence-electron chi connectivity index (χ3n) is 4.32. The Morgan fingerprint density at radius 3 is 2.75 bits per heavy atom. The van der Waals surface area contributed by atoms with Gasteiger partial charge in [0.15, 0.2) is 4.96 Å². The van der Waals surface area contributed by atoms with E-state index in [1.54, 1.807) is 16.7 Å². The van der Waals surface area contributed by atoms with Crippen molar-refractivity contribution in [1.29, 1.82) is 0 Å². The van der Waals surface area contributed by atoms with Crippen LogP contribution in [-0.4, -0.2) is 45.4 Å². The van der Waals surface area contributed by atoms with E-state index in [1.165, 1.54) is 11.3 Å². The molecule has 2 aromatic rings. The Bertz CT molecular complexity index is 840. The molecular formula is C18H22N4OS. The maximum atomic E-state index is 12.6. The lowest BCUT2D eigenvalue weighted by atomic mass is 10.2. The second-order valence-electron chi connectivity index (χ2n) is 5.88. The first-order chi connectivity index (χ1) is 11.6. The van der Waals surface area contributed by atoms with Crippen LogP contribution in [0.4, 0.5) is 0 Å². The normalized spacial score (nSPS) is 16.5. The summed E-state index contributed by atoms with van der Waals surface area (Å²) in [7, 11) is 0. The van der Waals surface area contributed by atoms with Gasteiger partial charge in [-0.25, -0.2) is 4.98 Å². The van der Waals surface area contributed by atoms with Crippen LogP contribution in [0.25, 0.3) is 4.96 Å². The summed E-state index contributed by atoms with van der Waals surface area (Å²) in [5, 5.41) is 1.97. The van der Waals surface area contributed by atoms with Crippen LogP contribution >= 0.6 is 11.3 Å². The lowest BCUT2D eigenvalue weighted by molar-refractivity contribution is 0.155. The number of piperazine rings is 1. The molecule has 2 aromatic heterocycles. The molecule has 5 nitrogen and oxygen atoms in total. The highest BCUT2D eigenvalue weighted by molar-refractivity contribution is 7.15. The molecule has 1 aliphatic rings. The summed E-state index contributed by atoms with van der Waals surface area (Å²) in [5.41, 5.74) is 2.86. The summed E-state index contributed by atoms with van der Waals surface area (Å²) >= 11 is 1.50. The predicted molar refractivity (Wildman–Crippen MR) is 99.4 cm³/mol. The topological polar surface area (TPSA) is 40.9 Å². The van der Waals surface area contributed by atoms with Gasteiger partial charge in [-0.3, -0.25) is 14.1 Å². The Balaban J connectivity index is 1.71. The van der Waals surface area contributed by atoms with E-state index in [4.69, 9.17) is 0 Å². The molecule has 0 unspecified atom stereocenters. The van der Waals surface area contributed by atoms with Gasteiger partial charge in [0, 0.05) is 55.7 Å². The van der Waals surface area contributed by atoms with E-state index in [0.29, 0.717) is 6.54 Å². The second kappa shape index (κ2) is 7.15. The first-order valence-corrected chi connectivity index (χ1v) is 8.89. The third kappa shape index (κ3) is 3.20. The number of hydrogen-bond acceptors (Lipinski definition) is 5. The van der Waals surface area contributed by atoms with Gasteiger partial charge in [0.05, 0.1) is 5.56 Å². The highest BCUT2D eigenvalue weighted by Gasteiger charge is 2.19. The zero-order valence-electron chi connectivity index (χ0n) is 13.9. The van der Waals surface area contributed by atoms with E-state index >= 15 is 0 Å². The second-order valence-corrected chi connectivity index (χ2v) is 6.71. The molecule has 0 aromatic carbocycles. The molecule has 0 spiro atoms. The molecule has 0 saturated carbocycles. The van der Waals surface area contributed by atoms with Crippen molar-refractivity contribution < 1.29 is 0 Å². The summed E-state index contributed by atoms with van der Waals surface area (Å²) < 4.78 is 1.71. The molecule has 0 atom stereocenters. The molecule has 1 saturated heterocycles. The van der Waals surface area contributed by atoms with Crippen molar-refractivity contribution in [1.82, 2.24) is 19.2 Å². The van der Waals surface area contributed by atoms with Crippen molar-refractivity contribution in [3.8, 4) is 0 Å². The average molecular weight is 342 g/mol. The molecule has 1 aliphatic heterocycles. The van der Waals surface area contributed by atoms with Gasteiger partial charge in [0.1, 0.15) is 0 Å². The molecular weight excluding hydrogens is 320 g/mol. The van der Waals surface area contributed by atoms with Crippen molar-refractivity contribution in [3.05, 3.63) is 70.3 Å². The summed E-state index contributed by atoms with van der Waals surface area (Å²) in [5.74, 6) is 0. The number of aryl methyl sites for hydroxylation is 1. The summed E-state index contributed by atoms with van der Waals surface area (Å²) in [4.78, 5) is 22.4. The van der Waals surface area contributed by atoms with Gasteiger partial charge < -0.3 is 4.90 Å². The molecule has 0 amide bonds. The fourth-order valence-corrected chi connectivity index (χ4v) is 3.83. The van der Waals surface area contributed by atoms with Crippen LogP contribution < -0.4 is 5.56 Å². The molecule has 3 rings (SSSR count). The first kappa shape index (κ1) is 16.7. The number of allylic oxidation sites excluding steroid dienone is 3. The van der Waals surface area contributed by atoms with Crippen molar-refractivity contribution in [3.63, 3.8) is 0 Å². The monoisotopic (exact) mass is 342 g/mol.